The van der Waals surface area contributed by atoms with E-state index in [0.717, 1.165) is 19.2 Å². The first-order valence-corrected chi connectivity index (χ1v) is 8.90. The summed E-state index contributed by atoms with van der Waals surface area (Å²) in [5, 5.41) is 8.11. The molecule has 0 aliphatic heterocycles. The fourth-order valence-corrected chi connectivity index (χ4v) is 2.37. The van der Waals surface area contributed by atoms with E-state index in [2.05, 4.69) is 4.74 Å². The maximum Gasteiger partial charge on any atom is 0.335 e. The molecule has 0 saturated carbocycles. The van der Waals surface area contributed by atoms with Gasteiger partial charge in [-0.25, -0.2) is 27.3 Å². The van der Waals surface area contributed by atoms with Crippen molar-refractivity contribution >= 4 is 23.9 Å². The van der Waals surface area contributed by atoms with Crippen LogP contribution in [0.4, 0.5) is 13.2 Å². The van der Waals surface area contributed by atoms with Crippen molar-refractivity contribution in [3.8, 4) is 5.69 Å². The average molecular weight is 465 g/mol. The van der Waals surface area contributed by atoms with Gasteiger partial charge in [0.15, 0.2) is 11.9 Å². The third-order valence-corrected chi connectivity index (χ3v) is 4.56. The highest BCUT2D eigenvalue weighted by Gasteiger charge is 2.30. The lowest BCUT2D eigenvalue weighted by molar-refractivity contribution is -0.157. The predicted molar refractivity (Wildman–Crippen MR) is 106 cm³/mol. The van der Waals surface area contributed by atoms with E-state index in [0.29, 0.717) is 28.4 Å². The maximum absolute atomic E-state index is 14.0. The third-order valence-electron chi connectivity index (χ3n) is 4.23. The van der Waals surface area contributed by atoms with Gasteiger partial charge in [0.2, 0.25) is 0 Å². The van der Waals surface area contributed by atoms with Crippen LogP contribution in [-0.4, -0.2) is 39.2 Å². The molecule has 1 aromatic carbocycles. The molecule has 0 unspecified atom stereocenters. The lowest BCUT2D eigenvalue weighted by Gasteiger charge is -2.16. The number of methoxy groups -OCH3 is 1. The first-order valence-electron chi connectivity index (χ1n) is 8.53. The van der Waals surface area contributed by atoms with Crippen LogP contribution in [0.15, 0.2) is 27.8 Å². The zero-order chi connectivity index (χ0) is 24.3. The number of rotatable bonds is 5. The normalized spacial score (nSPS) is 11.5. The van der Waals surface area contributed by atoms with Gasteiger partial charge in [-0.1, -0.05) is 11.6 Å². The molecular weight excluding hydrogens is 445 g/mol. The lowest BCUT2D eigenvalue weighted by atomic mass is 10.1. The molecule has 8 nitrogen and oxygen atoms in total. The largest absolute Gasteiger partial charge is 0.479 e. The van der Waals surface area contributed by atoms with Crippen LogP contribution in [0.1, 0.15) is 36.8 Å². The van der Waals surface area contributed by atoms with Gasteiger partial charge < -0.3 is 9.84 Å². The number of nitrogens with zero attached hydrogens (tertiary/aromatic N) is 2. The fourth-order valence-electron chi connectivity index (χ4n) is 2.17. The summed E-state index contributed by atoms with van der Waals surface area (Å²) in [5.41, 5.74) is -4.88. The molecule has 0 aliphatic rings. The van der Waals surface area contributed by atoms with E-state index in [4.69, 9.17) is 16.7 Å². The number of carbonyl (C=O) groups excluding carboxylic acids is 1. The van der Waals surface area contributed by atoms with Crippen molar-refractivity contribution in [1.82, 2.24) is 9.13 Å². The Bertz CT molecular complexity index is 1120. The quantitative estimate of drug-likeness (QED) is 0.682. The van der Waals surface area contributed by atoms with Crippen molar-refractivity contribution in [1.29, 1.82) is 0 Å². The molecule has 12 heteroatoms. The summed E-state index contributed by atoms with van der Waals surface area (Å²) in [6, 6.07) is 2.20. The van der Waals surface area contributed by atoms with Gasteiger partial charge in [0.25, 0.3) is 11.5 Å². The molecule has 1 aromatic heterocycles. The summed E-state index contributed by atoms with van der Waals surface area (Å²) >= 11 is 5.64. The summed E-state index contributed by atoms with van der Waals surface area (Å²) in [6.45, 7) is 3.52. The lowest BCUT2D eigenvalue weighted by Crippen LogP contribution is -2.41. The second-order valence-electron chi connectivity index (χ2n) is 6.90. The monoisotopic (exact) mass is 464 g/mol. The van der Waals surface area contributed by atoms with Crippen LogP contribution in [0.3, 0.4) is 0 Å². The van der Waals surface area contributed by atoms with Gasteiger partial charge in [-0.2, -0.15) is 0 Å². The van der Waals surface area contributed by atoms with Crippen molar-refractivity contribution in [2.24, 2.45) is 7.05 Å². The van der Waals surface area contributed by atoms with E-state index in [1.807, 2.05) is 0 Å². The number of aliphatic carboxylic acids is 1. The number of carboxylic acid groups (broad SMARTS) is 1. The van der Waals surface area contributed by atoms with Crippen LogP contribution in [0.25, 0.3) is 5.69 Å². The number of aldehydes is 1. The molecule has 0 saturated heterocycles. The minimum Gasteiger partial charge on any atom is -0.479 e. The van der Waals surface area contributed by atoms with Crippen molar-refractivity contribution in [2.45, 2.75) is 32.3 Å². The summed E-state index contributed by atoms with van der Waals surface area (Å²) in [4.78, 5) is 45.2. The molecular formula is C19H20ClF3N2O6. The molecule has 1 heterocycles. The first kappa shape index (κ1) is 26.1. The molecule has 31 heavy (non-hydrogen) atoms. The van der Waals surface area contributed by atoms with Gasteiger partial charge in [-0.15, -0.1) is 0 Å². The molecule has 0 fully saturated rings. The van der Waals surface area contributed by atoms with E-state index >= 15 is 0 Å². The van der Waals surface area contributed by atoms with E-state index in [9.17, 15) is 32.3 Å². The second-order valence-corrected chi connectivity index (χ2v) is 7.30. The summed E-state index contributed by atoms with van der Waals surface area (Å²) in [6.07, 6.45) is 0.315. The highest BCUT2D eigenvalue weighted by atomic mass is 35.5. The zero-order valence-electron chi connectivity index (χ0n) is 17.2. The highest BCUT2D eigenvalue weighted by Crippen LogP contribution is 2.25. The Morgan fingerprint density at radius 3 is 2.13 bits per heavy atom. The second kappa shape index (κ2) is 9.48. The van der Waals surface area contributed by atoms with Crippen LogP contribution in [0.5, 0.6) is 0 Å². The number of carbonyl (C=O) groups is 2. The Morgan fingerprint density at radius 2 is 1.74 bits per heavy atom. The summed E-state index contributed by atoms with van der Waals surface area (Å²) in [5.74, 6) is -5.42. The number of hydrogen-bond donors (Lipinski definition) is 1. The van der Waals surface area contributed by atoms with Crippen LogP contribution in [0.2, 0.25) is 5.02 Å². The van der Waals surface area contributed by atoms with Crippen molar-refractivity contribution in [3.05, 3.63) is 61.1 Å². The molecule has 0 atom stereocenters. The van der Waals surface area contributed by atoms with Crippen LogP contribution >= 0.6 is 11.6 Å². The standard InChI is InChI=1S/C14H10ClF3N2O3.C5H10O3/c1-14(17,18)11-5-12(22)20(13(23)19(11)2)10-3-7(6-21)8(15)4-9(10)16;1-5(2,8-3)4(6)7/h3-6H,1-2H3;1-3H3,(H,6,7). The molecule has 0 bridgehead atoms. The van der Waals surface area contributed by atoms with Crippen molar-refractivity contribution < 1.29 is 32.6 Å². The number of aromatic nitrogens is 2. The Labute approximate surface area is 179 Å². The van der Waals surface area contributed by atoms with Gasteiger partial charge in [0.1, 0.15) is 5.82 Å². The van der Waals surface area contributed by atoms with E-state index in [1.54, 1.807) is 0 Å². The minimum absolute atomic E-state index is 0.151. The number of halogens is 4. The molecule has 0 aliphatic carbocycles. The molecule has 1 N–H and O–H groups in total. The Balaban J connectivity index is 0.000000512. The van der Waals surface area contributed by atoms with E-state index in [1.165, 1.54) is 21.0 Å². The molecule has 0 spiro atoms. The number of benzene rings is 1. The summed E-state index contributed by atoms with van der Waals surface area (Å²) in [7, 11) is 2.40. The molecule has 2 aromatic rings. The topological polar surface area (TPSA) is 108 Å². The van der Waals surface area contributed by atoms with Gasteiger partial charge in [0.05, 0.1) is 16.4 Å². The predicted octanol–water partition coefficient (Wildman–Crippen LogP) is 2.75. The average Bonchev–Trinajstić information content (AvgIpc) is 2.65. The van der Waals surface area contributed by atoms with Gasteiger partial charge in [-0.3, -0.25) is 14.2 Å². The molecule has 0 amide bonds. The Hall–Kier alpha value is -2.92. The van der Waals surface area contributed by atoms with Crippen LogP contribution < -0.4 is 11.2 Å². The van der Waals surface area contributed by atoms with Crippen molar-refractivity contribution in [3.63, 3.8) is 0 Å². The number of alkyl halides is 2. The number of ether oxygens (including phenoxy) is 1. The minimum atomic E-state index is -3.43. The first-order chi connectivity index (χ1) is 14.1. The van der Waals surface area contributed by atoms with Crippen molar-refractivity contribution in [2.75, 3.05) is 7.11 Å². The Kier molecular flexibility index (Phi) is 7.99. The fraction of sp³-hybridized carbons (Fsp3) is 0.368. The Morgan fingerprint density at radius 1 is 1.19 bits per heavy atom. The SMILES string of the molecule is COC(C)(C)C(=O)O.Cn1c(C(C)(F)F)cc(=O)n(-c2cc(C=O)c(Cl)cc2F)c1=O. The van der Waals surface area contributed by atoms with Crippen LogP contribution in [-0.2, 0) is 22.5 Å². The zero-order valence-corrected chi connectivity index (χ0v) is 18.0. The molecule has 170 valence electrons. The highest BCUT2D eigenvalue weighted by molar-refractivity contribution is 6.33. The summed E-state index contributed by atoms with van der Waals surface area (Å²) < 4.78 is 46.3. The third kappa shape index (κ3) is 5.82. The smallest absolute Gasteiger partial charge is 0.335 e. The van der Waals surface area contributed by atoms with Gasteiger partial charge in [0, 0.05) is 32.7 Å². The van der Waals surface area contributed by atoms with Gasteiger partial charge in [-0.05, 0) is 26.0 Å². The maximum atomic E-state index is 14.0. The molecule has 0 radical (unpaired) electrons. The number of carboxylic acids is 1. The van der Waals surface area contributed by atoms with Crippen LogP contribution in [0, 0.1) is 5.82 Å². The van der Waals surface area contributed by atoms with E-state index < -0.39 is 45.9 Å². The number of hydrogen-bond acceptors (Lipinski definition) is 5. The van der Waals surface area contributed by atoms with Gasteiger partial charge >= 0.3 is 11.7 Å². The van der Waals surface area contributed by atoms with E-state index in [-0.39, 0.29) is 10.6 Å². The molecule has 2 rings (SSSR count).